The third kappa shape index (κ3) is 2.59. The molecule has 104 valence electrons. The highest BCUT2D eigenvalue weighted by Gasteiger charge is 2.49. The molecular weight excluding hydrogens is 248 g/mol. The van der Waals surface area contributed by atoms with Crippen LogP contribution in [0, 0.1) is 10.8 Å². The maximum absolute atomic E-state index is 12.5. The Balaban J connectivity index is 3.10. The highest BCUT2D eigenvalue weighted by molar-refractivity contribution is 6.18. The van der Waals surface area contributed by atoms with E-state index in [9.17, 15) is 14.4 Å². The Morgan fingerprint density at radius 3 is 2.11 bits per heavy atom. The molecule has 1 rings (SSSR count). The van der Waals surface area contributed by atoms with E-state index in [2.05, 4.69) is 4.74 Å². The van der Waals surface area contributed by atoms with Crippen molar-refractivity contribution in [3.63, 3.8) is 0 Å². The van der Waals surface area contributed by atoms with Gasteiger partial charge in [0.25, 0.3) is 0 Å². The number of methoxy groups -OCH3 is 1. The van der Waals surface area contributed by atoms with Crippen molar-refractivity contribution in [2.75, 3.05) is 7.11 Å². The van der Waals surface area contributed by atoms with Crippen molar-refractivity contribution >= 4 is 17.5 Å². The van der Waals surface area contributed by atoms with E-state index in [0.717, 1.165) is 0 Å². The van der Waals surface area contributed by atoms with Crippen LogP contribution in [0.25, 0.3) is 0 Å². The Hall–Kier alpha value is -1.91. The van der Waals surface area contributed by atoms with Crippen LogP contribution in [0.15, 0.2) is 22.8 Å². The number of Topliss-reactive ketones (excluding diaryl/α,β-unsaturated/α-hetero) is 2. The van der Waals surface area contributed by atoms with Gasteiger partial charge in [-0.2, -0.15) is 0 Å². The lowest BCUT2D eigenvalue weighted by atomic mass is 9.71. The number of hydrogen-bond acceptors (Lipinski definition) is 5. The van der Waals surface area contributed by atoms with E-state index in [1.165, 1.54) is 47.1 Å². The first-order valence-electron chi connectivity index (χ1n) is 5.87. The lowest BCUT2D eigenvalue weighted by Gasteiger charge is -2.29. The molecular formula is C14H18O5. The lowest BCUT2D eigenvalue weighted by Crippen LogP contribution is -2.46. The molecule has 0 N–H and O–H groups in total. The largest absolute Gasteiger partial charge is 0.468 e. The molecule has 0 aliphatic carbocycles. The summed E-state index contributed by atoms with van der Waals surface area (Å²) in [6.07, 6.45) is 1.36. The first-order valence-corrected chi connectivity index (χ1v) is 5.87. The molecule has 1 aromatic rings. The van der Waals surface area contributed by atoms with E-state index >= 15 is 0 Å². The molecule has 5 nitrogen and oxygen atoms in total. The van der Waals surface area contributed by atoms with Gasteiger partial charge >= 0.3 is 5.97 Å². The highest BCUT2D eigenvalue weighted by Crippen LogP contribution is 2.33. The van der Waals surface area contributed by atoms with Gasteiger partial charge in [0.15, 0.2) is 11.5 Å². The van der Waals surface area contributed by atoms with Gasteiger partial charge in [-0.15, -0.1) is 0 Å². The van der Waals surface area contributed by atoms with Crippen LogP contribution in [-0.2, 0) is 14.3 Å². The first kappa shape index (κ1) is 15.1. The molecule has 19 heavy (non-hydrogen) atoms. The van der Waals surface area contributed by atoms with Crippen LogP contribution in [0.1, 0.15) is 38.2 Å². The van der Waals surface area contributed by atoms with Crippen molar-refractivity contribution in [3.05, 3.63) is 24.2 Å². The molecule has 0 amide bonds. The Morgan fingerprint density at radius 2 is 1.68 bits per heavy atom. The van der Waals surface area contributed by atoms with Gasteiger partial charge in [0.1, 0.15) is 5.41 Å². The van der Waals surface area contributed by atoms with E-state index in [1.54, 1.807) is 6.07 Å². The molecule has 0 unspecified atom stereocenters. The fraction of sp³-hybridized carbons (Fsp3) is 0.500. The second-order valence-corrected chi connectivity index (χ2v) is 5.38. The summed E-state index contributed by atoms with van der Waals surface area (Å²) in [4.78, 5) is 36.4. The number of hydrogen-bond donors (Lipinski definition) is 0. The predicted molar refractivity (Wildman–Crippen MR) is 67.6 cm³/mol. The monoisotopic (exact) mass is 266 g/mol. The van der Waals surface area contributed by atoms with Gasteiger partial charge in [-0.05, 0) is 39.8 Å². The van der Waals surface area contributed by atoms with E-state index in [4.69, 9.17) is 4.42 Å². The smallest absolute Gasteiger partial charge is 0.318 e. The molecule has 0 saturated carbocycles. The molecule has 0 spiro atoms. The second-order valence-electron chi connectivity index (χ2n) is 5.38. The maximum Gasteiger partial charge on any atom is 0.318 e. The van der Waals surface area contributed by atoms with Crippen molar-refractivity contribution in [2.24, 2.45) is 10.8 Å². The first-order chi connectivity index (χ1) is 8.65. The fourth-order valence-corrected chi connectivity index (χ4v) is 1.95. The summed E-state index contributed by atoms with van der Waals surface area (Å²) in [5.74, 6) is -1.54. The van der Waals surface area contributed by atoms with Crippen LogP contribution in [0.2, 0.25) is 0 Å². The summed E-state index contributed by atoms with van der Waals surface area (Å²) in [5, 5.41) is 0. The molecule has 0 atom stereocenters. The van der Waals surface area contributed by atoms with Gasteiger partial charge < -0.3 is 9.15 Å². The summed E-state index contributed by atoms with van der Waals surface area (Å²) in [7, 11) is 1.21. The van der Waals surface area contributed by atoms with Gasteiger partial charge in [-0.3, -0.25) is 14.4 Å². The topological polar surface area (TPSA) is 73.6 Å². The minimum atomic E-state index is -1.39. The van der Waals surface area contributed by atoms with Crippen LogP contribution in [0.4, 0.5) is 0 Å². The number of carbonyl (C=O) groups is 3. The van der Waals surface area contributed by atoms with Crippen LogP contribution >= 0.6 is 0 Å². The lowest BCUT2D eigenvalue weighted by molar-refractivity contribution is -0.157. The van der Waals surface area contributed by atoms with Gasteiger partial charge in [0.2, 0.25) is 5.78 Å². The molecule has 0 saturated heterocycles. The molecule has 0 aliphatic rings. The number of furan rings is 1. The van der Waals surface area contributed by atoms with Crippen molar-refractivity contribution < 1.29 is 23.5 Å². The van der Waals surface area contributed by atoms with E-state index in [0.29, 0.717) is 0 Å². The summed E-state index contributed by atoms with van der Waals surface area (Å²) >= 11 is 0. The molecule has 0 fully saturated rings. The minimum Gasteiger partial charge on any atom is -0.468 e. The third-order valence-electron chi connectivity index (χ3n) is 3.14. The van der Waals surface area contributed by atoms with Gasteiger partial charge in [-0.1, -0.05) is 0 Å². The zero-order valence-electron chi connectivity index (χ0n) is 11.8. The van der Waals surface area contributed by atoms with Crippen LogP contribution in [0.5, 0.6) is 0 Å². The van der Waals surface area contributed by atoms with E-state index in [1.807, 2.05) is 0 Å². The zero-order valence-corrected chi connectivity index (χ0v) is 11.8. The average molecular weight is 266 g/mol. The second kappa shape index (κ2) is 4.99. The summed E-state index contributed by atoms with van der Waals surface area (Å²) in [6, 6.07) is 3.06. The SMILES string of the molecule is COC(=O)C(C)(C)C(=O)C(C)(C)C(=O)c1ccco1. The molecule has 1 heterocycles. The minimum absolute atomic E-state index is 0.0963. The maximum atomic E-state index is 12.5. The van der Waals surface area contributed by atoms with Gasteiger partial charge in [0, 0.05) is 0 Å². The molecule has 5 heteroatoms. The number of rotatable bonds is 5. The van der Waals surface area contributed by atoms with Crippen molar-refractivity contribution in [2.45, 2.75) is 27.7 Å². The Labute approximate surface area is 111 Å². The van der Waals surface area contributed by atoms with Crippen LogP contribution < -0.4 is 0 Å². The quantitative estimate of drug-likeness (QED) is 0.464. The predicted octanol–water partition coefficient (Wildman–Crippen LogP) is 2.26. The van der Waals surface area contributed by atoms with Crippen molar-refractivity contribution in [1.82, 2.24) is 0 Å². The summed E-state index contributed by atoms with van der Waals surface area (Å²) < 4.78 is 9.62. The number of ketones is 2. The molecule has 0 bridgehead atoms. The normalized spacial score (nSPS) is 12.1. The third-order valence-corrected chi connectivity index (χ3v) is 3.14. The van der Waals surface area contributed by atoms with Crippen LogP contribution in [0.3, 0.4) is 0 Å². The van der Waals surface area contributed by atoms with E-state index < -0.39 is 28.4 Å². The molecule has 1 aromatic heterocycles. The molecule has 0 aromatic carbocycles. The average Bonchev–Trinajstić information content (AvgIpc) is 2.89. The number of esters is 1. The van der Waals surface area contributed by atoms with Gasteiger partial charge in [0.05, 0.1) is 18.8 Å². The summed E-state index contributed by atoms with van der Waals surface area (Å²) in [5.41, 5.74) is -2.75. The highest BCUT2D eigenvalue weighted by atomic mass is 16.5. The van der Waals surface area contributed by atoms with Crippen molar-refractivity contribution in [3.8, 4) is 0 Å². The van der Waals surface area contributed by atoms with Gasteiger partial charge in [-0.25, -0.2) is 0 Å². The molecule has 0 aliphatic heterocycles. The number of ether oxygens (including phenoxy) is 1. The summed E-state index contributed by atoms with van der Waals surface area (Å²) in [6.45, 7) is 5.84. The van der Waals surface area contributed by atoms with Crippen molar-refractivity contribution in [1.29, 1.82) is 0 Å². The Bertz CT molecular complexity index is 494. The fourth-order valence-electron chi connectivity index (χ4n) is 1.95. The Morgan fingerprint density at radius 1 is 1.11 bits per heavy atom. The number of carbonyl (C=O) groups excluding carboxylic acids is 3. The zero-order chi connectivity index (χ0) is 14.8. The Kier molecular flexibility index (Phi) is 3.98. The van der Waals surface area contributed by atoms with E-state index in [-0.39, 0.29) is 5.76 Å². The molecule has 0 radical (unpaired) electrons. The standard InChI is InChI=1S/C14H18O5/c1-13(2,10(15)9-7-6-8-19-9)11(16)14(3,4)12(17)18-5/h6-8H,1-5H3. The van der Waals surface area contributed by atoms with Crippen LogP contribution in [-0.4, -0.2) is 24.6 Å².